The Bertz CT molecular complexity index is 855. The summed E-state index contributed by atoms with van der Waals surface area (Å²) in [5.41, 5.74) is 0.247. The lowest BCUT2D eigenvalue weighted by atomic mass is 10.2. The van der Waals surface area contributed by atoms with Crippen LogP contribution >= 0.6 is 23.2 Å². The summed E-state index contributed by atoms with van der Waals surface area (Å²) in [6.45, 7) is 0. The van der Waals surface area contributed by atoms with E-state index >= 15 is 0 Å². The van der Waals surface area contributed by atoms with Crippen LogP contribution in [0.15, 0.2) is 41.3 Å². The number of carbonyl (C=O) groups is 1. The zero-order valence-electron chi connectivity index (χ0n) is 11.7. The number of benzene rings is 2. The number of carbonyl (C=O) groups excluding carboxylic acids is 1. The molecule has 0 aliphatic carbocycles. The van der Waals surface area contributed by atoms with E-state index in [9.17, 15) is 17.6 Å². The van der Waals surface area contributed by atoms with Gasteiger partial charge >= 0.3 is 0 Å². The average molecular weight is 377 g/mol. The Hall–Kier alpha value is -1.67. The first-order valence-corrected chi connectivity index (χ1v) is 8.48. The highest BCUT2D eigenvalue weighted by Gasteiger charge is 2.15. The molecule has 0 atom stereocenters. The van der Waals surface area contributed by atoms with Crippen molar-refractivity contribution in [3.8, 4) is 0 Å². The van der Waals surface area contributed by atoms with Gasteiger partial charge in [0.2, 0.25) is 10.0 Å². The molecule has 0 saturated carbocycles. The van der Waals surface area contributed by atoms with Crippen molar-refractivity contribution in [1.29, 1.82) is 0 Å². The fraction of sp³-hybridized carbons (Fsp3) is 0.0714. The van der Waals surface area contributed by atoms with E-state index in [1.807, 2.05) is 0 Å². The number of hydrogen-bond acceptors (Lipinski definition) is 3. The van der Waals surface area contributed by atoms with E-state index < -0.39 is 21.7 Å². The summed E-state index contributed by atoms with van der Waals surface area (Å²) in [6, 6.07) is 7.53. The van der Waals surface area contributed by atoms with Crippen LogP contribution in [0.1, 0.15) is 10.4 Å². The maximum Gasteiger partial charge on any atom is 0.257 e. The van der Waals surface area contributed by atoms with E-state index in [1.165, 1.54) is 31.3 Å². The molecule has 23 heavy (non-hydrogen) atoms. The third kappa shape index (κ3) is 4.00. The van der Waals surface area contributed by atoms with Gasteiger partial charge in [0.15, 0.2) is 0 Å². The van der Waals surface area contributed by atoms with Gasteiger partial charge < -0.3 is 5.32 Å². The summed E-state index contributed by atoms with van der Waals surface area (Å²) in [6.07, 6.45) is 0. The molecule has 122 valence electrons. The van der Waals surface area contributed by atoms with Gasteiger partial charge in [0.1, 0.15) is 5.82 Å². The van der Waals surface area contributed by atoms with Crippen LogP contribution in [0.5, 0.6) is 0 Å². The largest absolute Gasteiger partial charge is 0.322 e. The highest BCUT2D eigenvalue weighted by molar-refractivity contribution is 7.89. The third-order valence-corrected chi connectivity index (χ3v) is 4.98. The summed E-state index contributed by atoms with van der Waals surface area (Å²) in [7, 11) is -2.27. The predicted octanol–water partition coefficient (Wildman–Crippen LogP) is 3.29. The van der Waals surface area contributed by atoms with Crippen molar-refractivity contribution in [3.63, 3.8) is 0 Å². The van der Waals surface area contributed by atoms with Crippen LogP contribution in [0.3, 0.4) is 0 Å². The van der Waals surface area contributed by atoms with Crippen LogP contribution in [0.25, 0.3) is 0 Å². The van der Waals surface area contributed by atoms with Gasteiger partial charge in [-0.25, -0.2) is 17.5 Å². The molecule has 0 spiro atoms. The Kier molecular flexibility index (Phi) is 5.26. The fourth-order valence-electron chi connectivity index (χ4n) is 1.73. The molecular weight excluding hydrogens is 366 g/mol. The second kappa shape index (κ2) is 6.84. The van der Waals surface area contributed by atoms with Gasteiger partial charge in [-0.05, 0) is 43.4 Å². The average Bonchev–Trinajstić information content (AvgIpc) is 2.51. The van der Waals surface area contributed by atoms with E-state index in [0.29, 0.717) is 5.69 Å². The normalized spacial score (nSPS) is 11.3. The standard InChI is InChI=1S/C14H11Cl2FN2O3S/c1-18-23(21,22)9-4-2-8(3-5-9)19-14(20)10-6-13(17)12(16)7-11(10)15/h2-7,18H,1H3,(H,19,20). The first-order valence-electron chi connectivity index (χ1n) is 6.24. The first kappa shape index (κ1) is 17.7. The van der Waals surface area contributed by atoms with Crippen LogP contribution in [0.2, 0.25) is 10.0 Å². The Morgan fingerprint density at radius 3 is 2.26 bits per heavy atom. The third-order valence-electron chi connectivity index (χ3n) is 2.95. The number of rotatable bonds is 4. The molecule has 0 aliphatic heterocycles. The van der Waals surface area contributed by atoms with Gasteiger partial charge in [0.25, 0.3) is 5.91 Å². The van der Waals surface area contributed by atoms with Crippen molar-refractivity contribution < 1.29 is 17.6 Å². The molecule has 2 N–H and O–H groups in total. The van der Waals surface area contributed by atoms with Crippen LogP contribution in [-0.4, -0.2) is 21.4 Å². The van der Waals surface area contributed by atoms with E-state index in [2.05, 4.69) is 10.0 Å². The second-order valence-corrected chi connectivity index (χ2v) is 7.13. The van der Waals surface area contributed by atoms with Crippen molar-refractivity contribution >= 4 is 44.8 Å². The molecule has 9 heteroatoms. The van der Waals surface area contributed by atoms with Gasteiger partial charge in [0, 0.05) is 5.69 Å². The Morgan fingerprint density at radius 2 is 1.70 bits per heavy atom. The van der Waals surface area contributed by atoms with E-state index in [-0.39, 0.29) is 20.5 Å². The number of anilines is 1. The topological polar surface area (TPSA) is 75.3 Å². The van der Waals surface area contributed by atoms with Crippen molar-refractivity contribution in [2.45, 2.75) is 4.90 Å². The van der Waals surface area contributed by atoms with Gasteiger partial charge in [-0.2, -0.15) is 0 Å². The number of halogens is 3. The second-order valence-electron chi connectivity index (χ2n) is 4.43. The maximum absolute atomic E-state index is 13.4. The highest BCUT2D eigenvalue weighted by Crippen LogP contribution is 2.25. The summed E-state index contributed by atoms with van der Waals surface area (Å²) in [5, 5.41) is 2.31. The van der Waals surface area contributed by atoms with Crippen LogP contribution in [0.4, 0.5) is 10.1 Å². The monoisotopic (exact) mass is 376 g/mol. The van der Waals surface area contributed by atoms with E-state index in [0.717, 1.165) is 12.1 Å². The lowest BCUT2D eigenvalue weighted by molar-refractivity contribution is 0.102. The lowest BCUT2D eigenvalue weighted by Gasteiger charge is -2.09. The minimum Gasteiger partial charge on any atom is -0.322 e. The quantitative estimate of drug-likeness (QED) is 0.803. The minimum atomic E-state index is -3.56. The molecule has 2 aromatic carbocycles. The summed E-state index contributed by atoms with van der Waals surface area (Å²) in [4.78, 5) is 12.2. The van der Waals surface area contributed by atoms with Gasteiger partial charge in [0.05, 0.1) is 20.5 Å². The molecule has 0 radical (unpaired) electrons. The smallest absolute Gasteiger partial charge is 0.257 e. The molecule has 1 amide bonds. The molecule has 0 saturated heterocycles. The summed E-state index contributed by atoms with van der Waals surface area (Å²) in [5.74, 6) is -1.41. The SMILES string of the molecule is CNS(=O)(=O)c1ccc(NC(=O)c2cc(F)c(Cl)cc2Cl)cc1. The molecule has 0 fully saturated rings. The Balaban J connectivity index is 2.23. The Labute approximate surface area is 142 Å². The molecule has 0 aliphatic rings. The molecular formula is C14H11Cl2FN2O3S. The molecule has 0 aromatic heterocycles. The highest BCUT2D eigenvalue weighted by atomic mass is 35.5. The van der Waals surface area contributed by atoms with Crippen LogP contribution in [0, 0.1) is 5.82 Å². The fourth-order valence-corrected chi connectivity index (χ4v) is 2.93. The minimum absolute atomic E-state index is 0.00304. The molecule has 0 bridgehead atoms. The molecule has 2 aromatic rings. The summed E-state index contributed by atoms with van der Waals surface area (Å²) >= 11 is 11.4. The number of sulfonamides is 1. The lowest BCUT2D eigenvalue weighted by Crippen LogP contribution is -2.18. The van der Waals surface area contributed by atoms with E-state index in [1.54, 1.807) is 0 Å². The van der Waals surface area contributed by atoms with Gasteiger partial charge in [-0.15, -0.1) is 0 Å². The number of nitrogens with one attached hydrogen (secondary N) is 2. The van der Waals surface area contributed by atoms with Gasteiger partial charge in [-0.1, -0.05) is 23.2 Å². The number of hydrogen-bond donors (Lipinski definition) is 2. The zero-order valence-corrected chi connectivity index (χ0v) is 14.1. The number of amides is 1. The van der Waals surface area contributed by atoms with Crippen molar-refractivity contribution in [2.24, 2.45) is 0 Å². The molecule has 5 nitrogen and oxygen atoms in total. The van der Waals surface area contributed by atoms with Crippen LogP contribution < -0.4 is 10.0 Å². The van der Waals surface area contributed by atoms with E-state index in [4.69, 9.17) is 23.2 Å². The van der Waals surface area contributed by atoms with Crippen molar-refractivity contribution in [2.75, 3.05) is 12.4 Å². The van der Waals surface area contributed by atoms with Gasteiger partial charge in [-0.3, -0.25) is 4.79 Å². The van der Waals surface area contributed by atoms with Crippen LogP contribution in [-0.2, 0) is 10.0 Å². The van der Waals surface area contributed by atoms with Crippen molar-refractivity contribution in [1.82, 2.24) is 4.72 Å². The Morgan fingerprint density at radius 1 is 1.09 bits per heavy atom. The van der Waals surface area contributed by atoms with Crippen molar-refractivity contribution in [3.05, 3.63) is 57.8 Å². The molecule has 0 heterocycles. The summed E-state index contributed by atoms with van der Waals surface area (Å²) < 4.78 is 38.8. The maximum atomic E-state index is 13.4. The first-order chi connectivity index (χ1) is 10.7. The molecule has 0 unspecified atom stereocenters. The zero-order chi connectivity index (χ0) is 17.2. The molecule has 2 rings (SSSR count). The predicted molar refractivity (Wildman–Crippen MR) is 87.1 cm³/mol.